The molecule has 0 unspecified atom stereocenters. The van der Waals surface area contributed by atoms with Gasteiger partial charge in [-0.15, -0.1) is 0 Å². The van der Waals surface area contributed by atoms with Crippen LogP contribution in [0.4, 0.5) is 5.13 Å². The Balaban J connectivity index is 1.18. The first-order valence-corrected chi connectivity index (χ1v) is 11.7. The van der Waals surface area contributed by atoms with Gasteiger partial charge in [0.2, 0.25) is 0 Å². The summed E-state index contributed by atoms with van der Waals surface area (Å²) in [6, 6.07) is 18.7. The predicted octanol–water partition coefficient (Wildman–Crippen LogP) is 4.68. The third-order valence-corrected chi connectivity index (χ3v) is 6.50. The standard InChI is InChI=1S/C25H26N4O2S/c1-2-19(16-22(3-1)31-15-12-29-10-13-30-14-11-29)18-27-25-28-23-5-4-21(17-24(23)32-25)20-6-8-26-9-7-20/h1-9,16-17H,10-15,18H2,(H,27,28). The summed E-state index contributed by atoms with van der Waals surface area (Å²) < 4.78 is 12.5. The van der Waals surface area contributed by atoms with Crippen molar-refractivity contribution in [3.05, 3.63) is 72.6 Å². The van der Waals surface area contributed by atoms with Crippen molar-refractivity contribution in [3.8, 4) is 16.9 Å². The maximum atomic E-state index is 5.98. The maximum Gasteiger partial charge on any atom is 0.184 e. The molecule has 4 aromatic rings. The van der Waals surface area contributed by atoms with E-state index < -0.39 is 0 Å². The Morgan fingerprint density at radius 2 is 1.88 bits per heavy atom. The smallest absolute Gasteiger partial charge is 0.184 e. The molecule has 1 saturated heterocycles. The minimum atomic E-state index is 0.689. The molecular formula is C25H26N4O2S. The molecule has 2 aromatic heterocycles. The average molecular weight is 447 g/mol. The van der Waals surface area contributed by atoms with Gasteiger partial charge < -0.3 is 14.8 Å². The molecule has 7 heteroatoms. The molecule has 0 spiro atoms. The van der Waals surface area contributed by atoms with Gasteiger partial charge in [-0.05, 0) is 53.1 Å². The Bertz CT molecular complexity index is 1160. The van der Waals surface area contributed by atoms with Gasteiger partial charge >= 0.3 is 0 Å². The minimum absolute atomic E-state index is 0.689. The number of hydrogen-bond acceptors (Lipinski definition) is 7. The summed E-state index contributed by atoms with van der Waals surface area (Å²) in [5.41, 5.74) is 4.52. The monoisotopic (exact) mass is 446 g/mol. The zero-order chi connectivity index (χ0) is 21.6. The van der Waals surface area contributed by atoms with E-state index >= 15 is 0 Å². The highest BCUT2D eigenvalue weighted by Gasteiger charge is 2.10. The van der Waals surface area contributed by atoms with Crippen LogP contribution in [0.2, 0.25) is 0 Å². The lowest BCUT2D eigenvalue weighted by molar-refractivity contribution is 0.0322. The molecule has 1 aliphatic rings. The molecule has 2 aromatic carbocycles. The van der Waals surface area contributed by atoms with E-state index in [2.05, 4.69) is 45.5 Å². The molecule has 1 N–H and O–H groups in total. The molecule has 1 fully saturated rings. The van der Waals surface area contributed by atoms with Crippen LogP contribution in [0.15, 0.2) is 67.0 Å². The average Bonchev–Trinajstić information content (AvgIpc) is 3.27. The Hall–Kier alpha value is -3.00. The van der Waals surface area contributed by atoms with Gasteiger partial charge in [-0.2, -0.15) is 0 Å². The molecule has 0 saturated carbocycles. The SMILES string of the molecule is c1cc(CNc2nc3ccc(-c4ccncc4)cc3s2)cc(OCCN2CCOCC2)c1. The van der Waals surface area contributed by atoms with E-state index in [1.807, 2.05) is 36.7 Å². The van der Waals surface area contributed by atoms with Gasteiger partial charge in [-0.25, -0.2) is 4.98 Å². The number of nitrogens with zero attached hydrogens (tertiary/aromatic N) is 3. The van der Waals surface area contributed by atoms with E-state index in [-0.39, 0.29) is 0 Å². The number of ether oxygens (including phenoxy) is 2. The first-order valence-electron chi connectivity index (χ1n) is 10.9. The van der Waals surface area contributed by atoms with Crippen molar-refractivity contribution in [1.29, 1.82) is 0 Å². The lowest BCUT2D eigenvalue weighted by Crippen LogP contribution is -2.38. The van der Waals surface area contributed by atoms with Crippen molar-refractivity contribution in [2.45, 2.75) is 6.54 Å². The van der Waals surface area contributed by atoms with Crippen LogP contribution in [-0.2, 0) is 11.3 Å². The number of anilines is 1. The van der Waals surface area contributed by atoms with Crippen LogP contribution in [0.25, 0.3) is 21.3 Å². The highest BCUT2D eigenvalue weighted by Crippen LogP contribution is 2.30. The normalized spacial score (nSPS) is 14.5. The Morgan fingerprint density at radius 1 is 1.00 bits per heavy atom. The van der Waals surface area contributed by atoms with Crippen LogP contribution in [0.5, 0.6) is 5.75 Å². The van der Waals surface area contributed by atoms with Crippen molar-refractivity contribution >= 4 is 26.7 Å². The van der Waals surface area contributed by atoms with Gasteiger partial charge in [0.15, 0.2) is 5.13 Å². The van der Waals surface area contributed by atoms with E-state index in [4.69, 9.17) is 14.5 Å². The van der Waals surface area contributed by atoms with Crippen molar-refractivity contribution in [1.82, 2.24) is 14.9 Å². The second kappa shape index (κ2) is 10.1. The Kier molecular flexibility index (Phi) is 6.58. The third kappa shape index (κ3) is 5.24. The van der Waals surface area contributed by atoms with E-state index in [1.54, 1.807) is 11.3 Å². The van der Waals surface area contributed by atoms with E-state index in [0.717, 1.165) is 54.8 Å². The summed E-state index contributed by atoms with van der Waals surface area (Å²) in [6.45, 7) is 5.93. The number of hydrogen-bond donors (Lipinski definition) is 1. The number of nitrogens with one attached hydrogen (secondary N) is 1. The molecule has 0 atom stereocenters. The summed E-state index contributed by atoms with van der Waals surface area (Å²) >= 11 is 1.67. The second-order valence-electron chi connectivity index (χ2n) is 7.74. The summed E-state index contributed by atoms with van der Waals surface area (Å²) in [7, 11) is 0. The highest BCUT2D eigenvalue weighted by atomic mass is 32.1. The van der Waals surface area contributed by atoms with Gasteiger partial charge in [0.05, 0.1) is 23.4 Å². The summed E-state index contributed by atoms with van der Waals surface area (Å²) in [5, 5.41) is 4.39. The number of benzene rings is 2. The molecule has 32 heavy (non-hydrogen) atoms. The number of pyridine rings is 1. The molecule has 0 amide bonds. The van der Waals surface area contributed by atoms with Crippen molar-refractivity contribution < 1.29 is 9.47 Å². The molecular weight excluding hydrogens is 420 g/mol. The van der Waals surface area contributed by atoms with Crippen LogP contribution >= 0.6 is 11.3 Å². The van der Waals surface area contributed by atoms with E-state index in [1.165, 1.54) is 15.8 Å². The van der Waals surface area contributed by atoms with Gasteiger partial charge in [-0.3, -0.25) is 9.88 Å². The van der Waals surface area contributed by atoms with Crippen LogP contribution in [0.3, 0.4) is 0 Å². The summed E-state index contributed by atoms with van der Waals surface area (Å²) in [4.78, 5) is 11.2. The lowest BCUT2D eigenvalue weighted by Gasteiger charge is -2.26. The van der Waals surface area contributed by atoms with Gasteiger partial charge in [0, 0.05) is 38.6 Å². The minimum Gasteiger partial charge on any atom is -0.492 e. The molecule has 0 aliphatic carbocycles. The van der Waals surface area contributed by atoms with Crippen LogP contribution in [-0.4, -0.2) is 54.3 Å². The van der Waals surface area contributed by atoms with Gasteiger partial charge in [0.25, 0.3) is 0 Å². The number of aromatic nitrogens is 2. The molecule has 0 radical (unpaired) electrons. The first kappa shape index (κ1) is 20.9. The Morgan fingerprint density at radius 3 is 2.75 bits per heavy atom. The highest BCUT2D eigenvalue weighted by molar-refractivity contribution is 7.22. The second-order valence-corrected chi connectivity index (χ2v) is 8.77. The molecule has 3 heterocycles. The quantitative estimate of drug-likeness (QED) is 0.424. The van der Waals surface area contributed by atoms with E-state index in [0.29, 0.717) is 13.2 Å². The molecule has 164 valence electrons. The fraction of sp³-hybridized carbons (Fsp3) is 0.280. The molecule has 5 rings (SSSR count). The fourth-order valence-electron chi connectivity index (χ4n) is 3.76. The lowest BCUT2D eigenvalue weighted by atomic mass is 10.1. The zero-order valence-electron chi connectivity index (χ0n) is 17.9. The summed E-state index contributed by atoms with van der Waals surface area (Å²) in [5.74, 6) is 0.906. The number of fused-ring (bicyclic) bond motifs is 1. The zero-order valence-corrected chi connectivity index (χ0v) is 18.7. The largest absolute Gasteiger partial charge is 0.492 e. The van der Waals surface area contributed by atoms with Gasteiger partial charge in [0.1, 0.15) is 12.4 Å². The maximum absolute atomic E-state index is 5.98. The fourth-order valence-corrected chi connectivity index (χ4v) is 4.67. The number of rotatable bonds is 8. The molecule has 1 aliphatic heterocycles. The molecule has 6 nitrogen and oxygen atoms in total. The molecule has 0 bridgehead atoms. The van der Waals surface area contributed by atoms with Crippen molar-refractivity contribution in [2.24, 2.45) is 0 Å². The van der Waals surface area contributed by atoms with Crippen LogP contribution in [0.1, 0.15) is 5.56 Å². The van der Waals surface area contributed by atoms with Crippen molar-refractivity contribution in [2.75, 3.05) is 44.8 Å². The Labute approximate surface area is 191 Å². The summed E-state index contributed by atoms with van der Waals surface area (Å²) in [6.07, 6.45) is 3.64. The van der Waals surface area contributed by atoms with Crippen LogP contribution in [0, 0.1) is 0 Å². The predicted molar refractivity (Wildman–Crippen MR) is 129 cm³/mol. The first-order chi connectivity index (χ1) is 15.8. The number of thiazole rings is 1. The van der Waals surface area contributed by atoms with Crippen LogP contribution < -0.4 is 10.1 Å². The van der Waals surface area contributed by atoms with Crippen molar-refractivity contribution in [3.63, 3.8) is 0 Å². The van der Waals surface area contributed by atoms with E-state index in [9.17, 15) is 0 Å². The van der Waals surface area contributed by atoms with Gasteiger partial charge in [-0.1, -0.05) is 29.5 Å². The number of morpholine rings is 1. The third-order valence-electron chi connectivity index (χ3n) is 5.52. The topological polar surface area (TPSA) is 59.5 Å².